The zero-order chi connectivity index (χ0) is 18.9. The summed E-state index contributed by atoms with van der Waals surface area (Å²) in [4.78, 5) is 4.90. The average Bonchev–Trinajstić information content (AvgIpc) is 3.04. The first kappa shape index (κ1) is 15.8. The van der Waals surface area contributed by atoms with Gasteiger partial charge in [0.1, 0.15) is 8.07 Å². The first-order chi connectivity index (χ1) is 13.7. The molecule has 0 saturated carbocycles. The monoisotopic (exact) mass is 376 g/mol. The minimum absolute atomic E-state index is 1.12. The van der Waals surface area contributed by atoms with Gasteiger partial charge in [0, 0.05) is 28.2 Å². The molecule has 0 unspecified atom stereocenters. The van der Waals surface area contributed by atoms with Crippen molar-refractivity contribution in [2.24, 2.45) is 0 Å². The number of para-hydroxylation sites is 1. The Morgan fingerprint density at radius 3 is 2.25 bits per heavy atom. The fourth-order valence-corrected chi connectivity index (χ4v) is 8.03. The summed E-state index contributed by atoms with van der Waals surface area (Å²) in [6.45, 7) is 4.94. The second kappa shape index (κ2) is 5.43. The zero-order valence-electron chi connectivity index (χ0n) is 16.0. The minimum atomic E-state index is -1.88. The molecule has 1 aliphatic heterocycles. The van der Waals surface area contributed by atoms with E-state index >= 15 is 0 Å². The molecular formula is C25H20N2Si. The van der Waals surface area contributed by atoms with Gasteiger partial charge in [-0.25, -0.2) is 0 Å². The van der Waals surface area contributed by atoms with Crippen LogP contribution in [0.3, 0.4) is 0 Å². The quantitative estimate of drug-likeness (QED) is 0.377. The maximum absolute atomic E-state index is 4.90. The molecule has 3 heterocycles. The second-order valence-electron chi connectivity index (χ2n) is 8.09. The summed E-state index contributed by atoms with van der Waals surface area (Å²) in [6, 6.07) is 28.6. The topological polar surface area (TPSA) is 17.8 Å². The lowest BCUT2D eigenvalue weighted by Crippen LogP contribution is -2.53. The Balaban J connectivity index is 1.92. The van der Waals surface area contributed by atoms with Gasteiger partial charge in [-0.2, -0.15) is 0 Å². The molecule has 0 saturated heterocycles. The van der Waals surface area contributed by atoms with E-state index < -0.39 is 8.07 Å². The van der Waals surface area contributed by atoms with Crippen LogP contribution in [0.1, 0.15) is 0 Å². The molecule has 3 aromatic carbocycles. The van der Waals surface area contributed by atoms with E-state index in [1.165, 1.54) is 43.4 Å². The molecule has 0 amide bonds. The number of aromatic nitrogens is 2. The van der Waals surface area contributed by atoms with E-state index in [2.05, 4.69) is 96.5 Å². The molecule has 0 radical (unpaired) electrons. The molecule has 0 N–H and O–H groups in total. The van der Waals surface area contributed by atoms with Crippen molar-refractivity contribution in [2.45, 2.75) is 13.1 Å². The Labute approximate surface area is 165 Å². The Hall–Kier alpha value is -3.17. The fourth-order valence-electron chi connectivity index (χ4n) is 4.96. The molecule has 1 aliphatic rings. The van der Waals surface area contributed by atoms with Crippen LogP contribution >= 0.6 is 0 Å². The Morgan fingerprint density at radius 2 is 1.39 bits per heavy atom. The van der Waals surface area contributed by atoms with Crippen LogP contribution in [0.2, 0.25) is 13.1 Å². The van der Waals surface area contributed by atoms with Crippen molar-refractivity contribution in [1.29, 1.82) is 0 Å². The normalized spacial score (nSPS) is 14.4. The molecule has 5 aromatic rings. The summed E-state index contributed by atoms with van der Waals surface area (Å²) >= 11 is 0. The predicted octanol–water partition coefficient (Wildman–Crippen LogP) is 4.98. The highest BCUT2D eigenvalue weighted by Gasteiger charge is 2.35. The smallest absolute Gasteiger partial charge is 0.114 e. The molecule has 0 spiro atoms. The lowest BCUT2D eigenvalue weighted by atomic mass is 10.1. The van der Waals surface area contributed by atoms with Crippen LogP contribution in [0.25, 0.3) is 38.8 Å². The van der Waals surface area contributed by atoms with Crippen molar-refractivity contribution in [2.75, 3.05) is 0 Å². The summed E-state index contributed by atoms with van der Waals surface area (Å²) < 4.78 is 2.40. The van der Waals surface area contributed by atoms with Crippen LogP contribution in [0.5, 0.6) is 0 Å². The number of hydrogen-bond acceptors (Lipinski definition) is 1. The van der Waals surface area contributed by atoms with E-state index in [-0.39, 0.29) is 0 Å². The number of fused-ring (bicyclic) bond motifs is 2. The molecule has 0 atom stereocenters. The molecule has 2 aromatic heterocycles. The molecule has 134 valence electrons. The van der Waals surface area contributed by atoms with Gasteiger partial charge in [0.2, 0.25) is 0 Å². The second-order valence-corrected chi connectivity index (χ2v) is 12.4. The average molecular weight is 377 g/mol. The van der Waals surface area contributed by atoms with Gasteiger partial charge in [-0.15, -0.1) is 0 Å². The van der Waals surface area contributed by atoms with Crippen molar-refractivity contribution >= 4 is 40.3 Å². The van der Waals surface area contributed by atoms with E-state index in [9.17, 15) is 0 Å². The van der Waals surface area contributed by atoms with E-state index in [1.54, 1.807) is 0 Å². The highest BCUT2D eigenvalue weighted by atomic mass is 28.3. The van der Waals surface area contributed by atoms with Gasteiger partial charge in [0.15, 0.2) is 0 Å². The van der Waals surface area contributed by atoms with Gasteiger partial charge in [0.05, 0.1) is 16.7 Å². The van der Waals surface area contributed by atoms with Crippen LogP contribution in [0.4, 0.5) is 0 Å². The summed E-state index contributed by atoms with van der Waals surface area (Å²) in [5, 5.41) is 5.66. The van der Waals surface area contributed by atoms with Gasteiger partial charge in [-0.1, -0.05) is 67.7 Å². The molecule has 2 nitrogen and oxygen atoms in total. The van der Waals surface area contributed by atoms with Crippen molar-refractivity contribution in [3.8, 4) is 16.9 Å². The van der Waals surface area contributed by atoms with E-state index in [0.29, 0.717) is 0 Å². The van der Waals surface area contributed by atoms with Crippen LogP contribution < -0.4 is 10.4 Å². The molecule has 0 fully saturated rings. The Bertz CT molecular complexity index is 1380. The summed E-state index contributed by atoms with van der Waals surface area (Å²) in [5.41, 5.74) is 6.14. The van der Waals surface area contributed by atoms with E-state index in [4.69, 9.17) is 4.98 Å². The van der Waals surface area contributed by atoms with Gasteiger partial charge in [-0.05, 0) is 34.6 Å². The lowest BCUT2D eigenvalue weighted by molar-refractivity contribution is 1.17. The maximum atomic E-state index is 4.90. The zero-order valence-corrected chi connectivity index (χ0v) is 17.0. The Kier molecular flexibility index (Phi) is 3.07. The third kappa shape index (κ3) is 1.89. The SMILES string of the molecule is C[Si]1(C)c2ccccc2-c2nccc3c2c2c1cccc2n3-c1ccccc1. The molecular weight excluding hydrogens is 356 g/mol. The number of hydrogen-bond donors (Lipinski definition) is 0. The third-order valence-corrected chi connectivity index (χ3v) is 9.79. The number of benzene rings is 3. The minimum Gasteiger partial charge on any atom is -0.309 e. The molecule has 0 aliphatic carbocycles. The van der Waals surface area contributed by atoms with Gasteiger partial charge >= 0.3 is 0 Å². The first-order valence-corrected chi connectivity index (χ1v) is 12.8. The Morgan fingerprint density at radius 1 is 0.679 bits per heavy atom. The van der Waals surface area contributed by atoms with Gasteiger partial charge in [-0.3, -0.25) is 4.98 Å². The molecule has 28 heavy (non-hydrogen) atoms. The summed E-state index contributed by atoms with van der Waals surface area (Å²) in [5.74, 6) is 0. The summed E-state index contributed by atoms with van der Waals surface area (Å²) in [7, 11) is -1.88. The highest BCUT2D eigenvalue weighted by molar-refractivity contribution is 7.03. The van der Waals surface area contributed by atoms with Crippen molar-refractivity contribution in [3.05, 3.63) is 85.1 Å². The van der Waals surface area contributed by atoms with Crippen LogP contribution in [-0.2, 0) is 0 Å². The first-order valence-electron chi connectivity index (χ1n) is 9.76. The van der Waals surface area contributed by atoms with Crippen LogP contribution in [0.15, 0.2) is 85.1 Å². The van der Waals surface area contributed by atoms with Gasteiger partial charge < -0.3 is 4.57 Å². The lowest BCUT2D eigenvalue weighted by Gasteiger charge is -2.25. The fraction of sp³-hybridized carbons (Fsp3) is 0.0800. The van der Waals surface area contributed by atoms with Crippen molar-refractivity contribution < 1.29 is 0 Å². The van der Waals surface area contributed by atoms with Gasteiger partial charge in [0.25, 0.3) is 0 Å². The van der Waals surface area contributed by atoms with Crippen LogP contribution in [0, 0.1) is 0 Å². The van der Waals surface area contributed by atoms with E-state index in [1.807, 2.05) is 6.20 Å². The molecule has 0 bridgehead atoms. The number of nitrogens with zero attached hydrogens (tertiary/aromatic N) is 2. The summed E-state index contributed by atoms with van der Waals surface area (Å²) in [6.07, 6.45) is 1.96. The van der Waals surface area contributed by atoms with Crippen molar-refractivity contribution in [3.63, 3.8) is 0 Å². The van der Waals surface area contributed by atoms with E-state index in [0.717, 1.165) is 5.69 Å². The van der Waals surface area contributed by atoms with Crippen LogP contribution in [-0.4, -0.2) is 17.6 Å². The largest absolute Gasteiger partial charge is 0.309 e. The standard InChI is InChI=1S/C25H20N2Si/c1-28(2)21-13-7-6-11-18(21)25-24-20(15-16-26-25)27(17-9-4-3-5-10-17)19-12-8-14-22(28)23(19)24/h3-16H,1-2H3. The molecule has 6 rings (SSSR count). The predicted molar refractivity (Wildman–Crippen MR) is 121 cm³/mol. The van der Waals surface area contributed by atoms with Crippen molar-refractivity contribution in [1.82, 2.24) is 9.55 Å². The highest BCUT2D eigenvalue weighted by Crippen LogP contribution is 2.39. The molecule has 3 heteroatoms. The maximum Gasteiger partial charge on any atom is 0.114 e. The number of pyridine rings is 1. The third-order valence-electron chi connectivity index (χ3n) is 6.25. The number of rotatable bonds is 1.